The Morgan fingerprint density at radius 2 is 2.04 bits per heavy atom. The van der Waals surface area contributed by atoms with Crippen LogP contribution in [0.4, 0.5) is 10.5 Å². The number of aromatic nitrogens is 3. The normalized spacial score (nSPS) is 16.6. The van der Waals surface area contributed by atoms with E-state index in [1.54, 1.807) is 17.2 Å². The third kappa shape index (κ3) is 3.42. The number of carbonyl (C=O) groups is 1. The zero-order chi connectivity index (χ0) is 17.5. The molecule has 8 heteroatoms. The van der Waals surface area contributed by atoms with E-state index in [0.717, 1.165) is 27.6 Å². The number of rotatable bonds is 1. The zero-order valence-electron chi connectivity index (χ0n) is 14.1. The number of pyridine rings is 1. The van der Waals surface area contributed by atoms with Gasteiger partial charge in [0.2, 0.25) is 0 Å². The molecule has 0 atom stereocenters. The first kappa shape index (κ1) is 17.2. The van der Waals surface area contributed by atoms with Gasteiger partial charge in [-0.1, -0.05) is 0 Å². The predicted molar refractivity (Wildman–Crippen MR) is 101 cm³/mol. The smallest absolute Gasteiger partial charge is 0.410 e. The summed E-state index contributed by atoms with van der Waals surface area (Å²) in [5, 5.41) is 5.54. The first-order valence-corrected chi connectivity index (χ1v) is 9.10. The molecule has 1 aliphatic heterocycles. The summed E-state index contributed by atoms with van der Waals surface area (Å²) in [4.78, 5) is 18.4. The predicted octanol–water partition coefficient (Wildman–Crippen LogP) is 3.19. The minimum Gasteiger partial charge on any atom is -0.444 e. The fourth-order valence-electron chi connectivity index (χ4n) is 2.92. The molecule has 7 nitrogen and oxygen atoms in total. The van der Waals surface area contributed by atoms with Crippen molar-refractivity contribution in [1.29, 1.82) is 0 Å². The number of anilines is 1. The summed E-state index contributed by atoms with van der Waals surface area (Å²) < 4.78 is 8.26. The summed E-state index contributed by atoms with van der Waals surface area (Å²) in [6.07, 6.45) is 3.11. The van der Waals surface area contributed by atoms with Crippen molar-refractivity contribution in [2.45, 2.75) is 45.3 Å². The second kappa shape index (κ2) is 6.38. The number of piperidine rings is 1. The van der Waals surface area contributed by atoms with Crippen LogP contribution >= 0.6 is 22.6 Å². The van der Waals surface area contributed by atoms with Crippen LogP contribution in [0.1, 0.15) is 39.7 Å². The van der Waals surface area contributed by atoms with E-state index in [0.29, 0.717) is 18.8 Å². The van der Waals surface area contributed by atoms with Crippen LogP contribution in [0.2, 0.25) is 0 Å². The monoisotopic (exact) mass is 443 g/mol. The lowest BCUT2D eigenvalue weighted by atomic mass is 10.1. The van der Waals surface area contributed by atoms with E-state index in [9.17, 15) is 4.79 Å². The highest BCUT2D eigenvalue weighted by atomic mass is 127. The molecule has 1 fully saturated rings. The number of amides is 1. The molecule has 0 saturated carbocycles. The van der Waals surface area contributed by atoms with Gasteiger partial charge in [-0.05, 0) is 62.3 Å². The molecule has 0 bridgehead atoms. The molecule has 1 saturated heterocycles. The molecule has 0 aromatic carbocycles. The van der Waals surface area contributed by atoms with Gasteiger partial charge in [0.1, 0.15) is 9.30 Å². The molecule has 3 rings (SSSR count). The van der Waals surface area contributed by atoms with E-state index < -0.39 is 5.60 Å². The molecule has 2 aromatic rings. The Hall–Kier alpha value is -1.58. The SMILES string of the molecule is CC(C)(C)OC(=O)N1CCC(n2nc(I)c3c(N)ccnc32)CC1. The van der Waals surface area contributed by atoms with Crippen LogP contribution in [-0.4, -0.2) is 44.4 Å². The molecule has 2 aromatic heterocycles. The quantitative estimate of drug-likeness (QED) is 0.685. The van der Waals surface area contributed by atoms with Gasteiger partial charge in [0.25, 0.3) is 0 Å². The first-order valence-electron chi connectivity index (χ1n) is 8.02. The number of nitrogens with zero attached hydrogens (tertiary/aromatic N) is 4. The number of nitrogens with two attached hydrogens (primary N) is 1. The van der Waals surface area contributed by atoms with Gasteiger partial charge in [-0.25, -0.2) is 14.5 Å². The summed E-state index contributed by atoms with van der Waals surface area (Å²) in [6, 6.07) is 2.01. The van der Waals surface area contributed by atoms with Crippen molar-refractivity contribution in [1.82, 2.24) is 19.7 Å². The minimum absolute atomic E-state index is 0.212. The third-order valence-electron chi connectivity index (χ3n) is 4.04. The summed E-state index contributed by atoms with van der Waals surface area (Å²) in [5.74, 6) is 0. The van der Waals surface area contributed by atoms with Crippen LogP contribution < -0.4 is 5.73 Å². The van der Waals surface area contributed by atoms with E-state index in [1.165, 1.54) is 0 Å². The number of halogens is 1. The van der Waals surface area contributed by atoms with Gasteiger partial charge in [0, 0.05) is 25.0 Å². The average molecular weight is 443 g/mol. The molecule has 2 N–H and O–H groups in total. The molecule has 1 amide bonds. The number of carbonyl (C=O) groups excluding carboxylic acids is 1. The average Bonchev–Trinajstić information content (AvgIpc) is 2.84. The second-order valence-electron chi connectivity index (χ2n) is 7.03. The van der Waals surface area contributed by atoms with Crippen LogP contribution in [0.5, 0.6) is 0 Å². The fraction of sp³-hybridized carbons (Fsp3) is 0.562. The molecule has 0 aliphatic carbocycles. The number of hydrogen-bond acceptors (Lipinski definition) is 5. The Kier molecular flexibility index (Phi) is 4.58. The van der Waals surface area contributed by atoms with Gasteiger partial charge >= 0.3 is 6.09 Å². The van der Waals surface area contributed by atoms with Crippen molar-refractivity contribution in [3.63, 3.8) is 0 Å². The van der Waals surface area contributed by atoms with Gasteiger partial charge < -0.3 is 15.4 Å². The number of hydrogen-bond donors (Lipinski definition) is 1. The van der Waals surface area contributed by atoms with Crippen molar-refractivity contribution >= 4 is 45.4 Å². The molecular weight excluding hydrogens is 421 g/mol. The molecule has 1 aliphatic rings. The standard InChI is InChI=1S/C16H22IN5O2/c1-16(2,3)24-15(23)21-8-5-10(6-9-21)22-14-12(13(17)20-22)11(18)4-7-19-14/h4,7,10H,5-6,8-9H2,1-3H3,(H2,18,19). The van der Waals surface area contributed by atoms with Crippen LogP contribution in [0, 0.1) is 3.70 Å². The molecule has 0 spiro atoms. The van der Waals surface area contributed by atoms with Crippen LogP contribution in [0.3, 0.4) is 0 Å². The summed E-state index contributed by atoms with van der Waals surface area (Å²) in [7, 11) is 0. The molecule has 3 heterocycles. The van der Waals surface area contributed by atoms with E-state index in [2.05, 4.69) is 32.7 Å². The summed E-state index contributed by atoms with van der Waals surface area (Å²) >= 11 is 2.19. The lowest BCUT2D eigenvalue weighted by Crippen LogP contribution is -2.42. The van der Waals surface area contributed by atoms with Crippen molar-refractivity contribution in [2.24, 2.45) is 0 Å². The van der Waals surface area contributed by atoms with Gasteiger partial charge in [-0.3, -0.25) is 0 Å². The molecule has 24 heavy (non-hydrogen) atoms. The van der Waals surface area contributed by atoms with E-state index in [-0.39, 0.29) is 12.1 Å². The Morgan fingerprint density at radius 1 is 1.38 bits per heavy atom. The number of nitrogen functional groups attached to an aromatic ring is 1. The largest absolute Gasteiger partial charge is 0.444 e. The molecule has 130 valence electrons. The van der Waals surface area contributed by atoms with Crippen molar-refractivity contribution in [3.8, 4) is 0 Å². The van der Waals surface area contributed by atoms with Crippen molar-refractivity contribution < 1.29 is 9.53 Å². The highest BCUT2D eigenvalue weighted by Crippen LogP contribution is 2.30. The van der Waals surface area contributed by atoms with Gasteiger partial charge in [-0.15, -0.1) is 0 Å². The highest BCUT2D eigenvalue weighted by molar-refractivity contribution is 14.1. The Morgan fingerprint density at radius 3 is 2.67 bits per heavy atom. The van der Waals surface area contributed by atoms with E-state index in [1.807, 2.05) is 25.5 Å². The van der Waals surface area contributed by atoms with Gasteiger partial charge in [0.15, 0.2) is 5.65 Å². The highest BCUT2D eigenvalue weighted by Gasteiger charge is 2.29. The molecular formula is C16H22IN5O2. The summed E-state index contributed by atoms with van der Waals surface area (Å²) in [5.41, 5.74) is 7.10. The minimum atomic E-state index is -0.469. The second-order valence-corrected chi connectivity index (χ2v) is 8.05. The van der Waals surface area contributed by atoms with Gasteiger partial charge in [-0.2, -0.15) is 5.10 Å². The maximum absolute atomic E-state index is 12.2. The number of fused-ring (bicyclic) bond motifs is 1. The van der Waals surface area contributed by atoms with E-state index >= 15 is 0 Å². The topological polar surface area (TPSA) is 86.3 Å². The van der Waals surface area contributed by atoms with Gasteiger partial charge in [0.05, 0.1) is 11.4 Å². The number of ether oxygens (including phenoxy) is 1. The summed E-state index contributed by atoms with van der Waals surface area (Å²) in [6.45, 7) is 6.95. The lowest BCUT2D eigenvalue weighted by molar-refractivity contribution is 0.0186. The maximum atomic E-state index is 12.2. The number of likely N-dealkylation sites (tertiary alicyclic amines) is 1. The Labute approximate surface area is 154 Å². The maximum Gasteiger partial charge on any atom is 0.410 e. The molecule has 0 radical (unpaired) electrons. The zero-order valence-corrected chi connectivity index (χ0v) is 16.3. The fourth-order valence-corrected chi connectivity index (χ4v) is 3.70. The van der Waals surface area contributed by atoms with Crippen LogP contribution in [-0.2, 0) is 4.74 Å². The first-order chi connectivity index (χ1) is 11.3. The van der Waals surface area contributed by atoms with Crippen LogP contribution in [0.15, 0.2) is 12.3 Å². The molecule has 0 unspecified atom stereocenters. The lowest BCUT2D eigenvalue weighted by Gasteiger charge is -2.33. The third-order valence-corrected chi connectivity index (χ3v) is 4.80. The van der Waals surface area contributed by atoms with E-state index in [4.69, 9.17) is 10.5 Å². The Balaban J connectivity index is 1.74. The Bertz CT molecular complexity index is 760. The van der Waals surface area contributed by atoms with Crippen molar-refractivity contribution in [3.05, 3.63) is 16.0 Å². The van der Waals surface area contributed by atoms with Crippen LogP contribution in [0.25, 0.3) is 11.0 Å². The van der Waals surface area contributed by atoms with Crippen molar-refractivity contribution in [2.75, 3.05) is 18.8 Å².